The molecule has 0 amide bonds. The zero-order valence-corrected chi connectivity index (χ0v) is 9.52. The summed E-state index contributed by atoms with van der Waals surface area (Å²) in [4.78, 5) is 11.1. The maximum absolute atomic E-state index is 11.1. The number of nitrogens with two attached hydrogens (primary N) is 1. The second kappa shape index (κ2) is 6.30. The van der Waals surface area contributed by atoms with Crippen LogP contribution in [0.4, 0.5) is 0 Å². The SMILES string of the molecule is CCOC(=O)CSC1CCC(N)CC1. The van der Waals surface area contributed by atoms with Crippen LogP contribution in [0.5, 0.6) is 0 Å². The summed E-state index contributed by atoms with van der Waals surface area (Å²) in [6, 6.07) is 0.384. The van der Waals surface area contributed by atoms with Gasteiger partial charge in [-0.3, -0.25) is 4.79 Å². The highest BCUT2D eigenvalue weighted by Crippen LogP contribution is 2.27. The van der Waals surface area contributed by atoms with E-state index in [-0.39, 0.29) is 5.97 Å². The average Bonchev–Trinajstić information content (AvgIpc) is 2.17. The van der Waals surface area contributed by atoms with Crippen LogP contribution in [-0.2, 0) is 9.53 Å². The molecule has 82 valence electrons. The maximum atomic E-state index is 11.1. The Bertz CT molecular complexity index is 179. The number of esters is 1. The monoisotopic (exact) mass is 217 g/mol. The smallest absolute Gasteiger partial charge is 0.315 e. The molecule has 0 aromatic rings. The standard InChI is InChI=1S/C10H19NO2S/c1-2-13-10(12)7-14-9-5-3-8(11)4-6-9/h8-9H,2-7,11H2,1H3. The van der Waals surface area contributed by atoms with Crippen LogP contribution in [0.25, 0.3) is 0 Å². The van der Waals surface area contributed by atoms with Crippen LogP contribution < -0.4 is 5.73 Å². The van der Waals surface area contributed by atoms with Gasteiger partial charge in [0.15, 0.2) is 0 Å². The van der Waals surface area contributed by atoms with E-state index >= 15 is 0 Å². The van der Waals surface area contributed by atoms with E-state index in [1.54, 1.807) is 11.8 Å². The third-order valence-corrected chi connectivity index (χ3v) is 3.81. The predicted octanol–water partition coefficient (Wildman–Crippen LogP) is 1.55. The van der Waals surface area contributed by atoms with Crippen molar-refractivity contribution >= 4 is 17.7 Å². The van der Waals surface area contributed by atoms with Crippen molar-refractivity contribution in [1.82, 2.24) is 0 Å². The Morgan fingerprint density at radius 1 is 1.43 bits per heavy atom. The van der Waals surface area contributed by atoms with Gasteiger partial charge in [-0.2, -0.15) is 0 Å². The number of hydrogen-bond acceptors (Lipinski definition) is 4. The Labute approximate surface area is 89.8 Å². The molecule has 14 heavy (non-hydrogen) atoms. The molecule has 1 aliphatic rings. The molecule has 0 radical (unpaired) electrons. The van der Waals surface area contributed by atoms with Gasteiger partial charge in [0.2, 0.25) is 0 Å². The third kappa shape index (κ3) is 4.33. The highest BCUT2D eigenvalue weighted by molar-refractivity contribution is 8.00. The summed E-state index contributed by atoms with van der Waals surface area (Å²) < 4.78 is 4.87. The highest BCUT2D eigenvalue weighted by Gasteiger charge is 2.19. The molecule has 0 aromatic carbocycles. The molecule has 0 spiro atoms. The fraction of sp³-hybridized carbons (Fsp3) is 0.900. The van der Waals surface area contributed by atoms with Crippen LogP contribution in [-0.4, -0.2) is 29.6 Å². The van der Waals surface area contributed by atoms with E-state index in [4.69, 9.17) is 10.5 Å². The molecule has 2 N–H and O–H groups in total. The van der Waals surface area contributed by atoms with Crippen LogP contribution in [0.1, 0.15) is 32.6 Å². The molecular weight excluding hydrogens is 198 g/mol. The summed E-state index contributed by atoms with van der Waals surface area (Å²) in [6.45, 7) is 2.32. The third-order valence-electron chi connectivity index (χ3n) is 2.46. The van der Waals surface area contributed by atoms with Gasteiger partial charge in [0, 0.05) is 11.3 Å². The van der Waals surface area contributed by atoms with Crippen LogP contribution >= 0.6 is 11.8 Å². The van der Waals surface area contributed by atoms with E-state index in [2.05, 4.69) is 0 Å². The molecule has 0 aromatic heterocycles. The number of ether oxygens (including phenoxy) is 1. The molecule has 0 saturated heterocycles. The number of carbonyl (C=O) groups is 1. The molecule has 3 nitrogen and oxygen atoms in total. The van der Waals surface area contributed by atoms with Crippen molar-refractivity contribution in [2.24, 2.45) is 5.73 Å². The van der Waals surface area contributed by atoms with Crippen molar-refractivity contribution in [2.45, 2.75) is 43.9 Å². The Kier molecular flexibility index (Phi) is 5.33. The lowest BCUT2D eigenvalue weighted by Gasteiger charge is -2.25. The van der Waals surface area contributed by atoms with E-state index in [1.165, 1.54) is 0 Å². The second-order valence-electron chi connectivity index (χ2n) is 3.65. The summed E-state index contributed by atoms with van der Waals surface area (Å²) >= 11 is 1.72. The van der Waals surface area contributed by atoms with Gasteiger partial charge >= 0.3 is 5.97 Å². The minimum absolute atomic E-state index is 0.0904. The minimum Gasteiger partial charge on any atom is -0.465 e. The molecule has 0 atom stereocenters. The summed E-state index contributed by atoms with van der Waals surface area (Å²) in [6.07, 6.45) is 4.48. The molecule has 0 heterocycles. The van der Waals surface area contributed by atoms with Gasteiger partial charge in [-0.15, -0.1) is 11.8 Å². The van der Waals surface area contributed by atoms with Gasteiger partial charge in [0.05, 0.1) is 12.4 Å². The fourth-order valence-corrected chi connectivity index (χ4v) is 2.70. The van der Waals surface area contributed by atoms with Crippen molar-refractivity contribution in [3.63, 3.8) is 0 Å². The van der Waals surface area contributed by atoms with Crippen molar-refractivity contribution in [2.75, 3.05) is 12.4 Å². The number of thioether (sulfide) groups is 1. The Morgan fingerprint density at radius 2 is 2.07 bits per heavy atom. The van der Waals surface area contributed by atoms with Crippen LogP contribution in [0.2, 0.25) is 0 Å². The molecule has 0 aliphatic heterocycles. The first-order valence-electron chi connectivity index (χ1n) is 5.25. The average molecular weight is 217 g/mol. The second-order valence-corrected chi connectivity index (χ2v) is 4.94. The van der Waals surface area contributed by atoms with E-state index < -0.39 is 0 Å². The number of carbonyl (C=O) groups excluding carboxylic acids is 1. The van der Waals surface area contributed by atoms with Crippen molar-refractivity contribution in [3.05, 3.63) is 0 Å². The quantitative estimate of drug-likeness (QED) is 0.726. The number of hydrogen-bond donors (Lipinski definition) is 1. The van der Waals surface area contributed by atoms with Gasteiger partial charge < -0.3 is 10.5 Å². The Hall–Kier alpha value is -0.220. The zero-order chi connectivity index (χ0) is 10.4. The van der Waals surface area contributed by atoms with Crippen LogP contribution in [0, 0.1) is 0 Å². The molecular formula is C10H19NO2S. The topological polar surface area (TPSA) is 52.3 Å². The first-order chi connectivity index (χ1) is 6.72. The minimum atomic E-state index is -0.0904. The van der Waals surface area contributed by atoms with Gasteiger partial charge in [-0.25, -0.2) is 0 Å². The normalized spacial score (nSPS) is 27.3. The first-order valence-corrected chi connectivity index (χ1v) is 6.30. The zero-order valence-electron chi connectivity index (χ0n) is 8.70. The molecule has 1 fully saturated rings. The van der Waals surface area contributed by atoms with Crippen molar-refractivity contribution in [3.8, 4) is 0 Å². The molecule has 0 unspecified atom stereocenters. The van der Waals surface area contributed by atoms with E-state index in [0.29, 0.717) is 23.7 Å². The van der Waals surface area contributed by atoms with Gasteiger partial charge in [0.25, 0.3) is 0 Å². The highest BCUT2D eigenvalue weighted by atomic mass is 32.2. The molecule has 0 bridgehead atoms. The summed E-state index contributed by atoms with van der Waals surface area (Å²) in [5.74, 6) is 0.403. The molecule has 1 saturated carbocycles. The summed E-state index contributed by atoms with van der Waals surface area (Å²) in [5.41, 5.74) is 5.80. The van der Waals surface area contributed by atoms with Gasteiger partial charge in [-0.05, 0) is 32.6 Å². The van der Waals surface area contributed by atoms with Crippen LogP contribution in [0.3, 0.4) is 0 Å². The first kappa shape index (κ1) is 11.9. The Balaban J connectivity index is 2.09. The predicted molar refractivity (Wildman–Crippen MR) is 59.3 cm³/mol. The Morgan fingerprint density at radius 3 is 2.64 bits per heavy atom. The fourth-order valence-electron chi connectivity index (χ4n) is 1.64. The van der Waals surface area contributed by atoms with Gasteiger partial charge in [-0.1, -0.05) is 0 Å². The van der Waals surface area contributed by atoms with Gasteiger partial charge in [0.1, 0.15) is 0 Å². The van der Waals surface area contributed by atoms with E-state index in [0.717, 1.165) is 25.7 Å². The maximum Gasteiger partial charge on any atom is 0.315 e. The van der Waals surface area contributed by atoms with E-state index in [1.807, 2.05) is 6.92 Å². The molecule has 1 rings (SSSR count). The lowest BCUT2D eigenvalue weighted by atomic mass is 9.96. The largest absolute Gasteiger partial charge is 0.465 e. The van der Waals surface area contributed by atoms with Crippen molar-refractivity contribution < 1.29 is 9.53 Å². The van der Waals surface area contributed by atoms with E-state index in [9.17, 15) is 4.79 Å². The van der Waals surface area contributed by atoms with Crippen LogP contribution in [0.15, 0.2) is 0 Å². The lowest BCUT2D eigenvalue weighted by Crippen LogP contribution is -2.28. The number of rotatable bonds is 4. The molecule has 1 aliphatic carbocycles. The lowest BCUT2D eigenvalue weighted by molar-refractivity contribution is -0.139. The van der Waals surface area contributed by atoms with Crippen molar-refractivity contribution in [1.29, 1.82) is 0 Å². The molecule has 4 heteroatoms. The summed E-state index contributed by atoms with van der Waals surface area (Å²) in [7, 11) is 0. The summed E-state index contributed by atoms with van der Waals surface area (Å²) in [5, 5.41) is 0.610.